The van der Waals surface area contributed by atoms with E-state index in [0.29, 0.717) is 13.0 Å². The number of hydrogen-bond donors (Lipinski definition) is 2. The van der Waals surface area contributed by atoms with Crippen molar-refractivity contribution in [3.05, 3.63) is 0 Å². The van der Waals surface area contributed by atoms with E-state index in [2.05, 4.69) is 12.2 Å². The third-order valence-corrected chi connectivity index (χ3v) is 4.33. The Morgan fingerprint density at radius 1 is 1.38 bits per heavy atom. The topological polar surface area (TPSA) is 69.6 Å². The lowest BCUT2D eigenvalue weighted by molar-refractivity contribution is -0.146. The van der Waals surface area contributed by atoms with Gasteiger partial charge in [0.15, 0.2) is 0 Å². The van der Waals surface area contributed by atoms with Crippen molar-refractivity contribution in [1.29, 1.82) is 0 Å². The highest BCUT2D eigenvalue weighted by atomic mass is 16.4. The number of piperidine rings is 1. The molecule has 0 saturated carbocycles. The molecule has 1 unspecified atom stereocenters. The van der Waals surface area contributed by atoms with Crippen molar-refractivity contribution < 1.29 is 14.7 Å². The van der Waals surface area contributed by atoms with Gasteiger partial charge in [0.25, 0.3) is 0 Å². The van der Waals surface area contributed by atoms with Crippen LogP contribution < -0.4 is 5.32 Å². The van der Waals surface area contributed by atoms with E-state index in [1.165, 1.54) is 0 Å². The average Bonchev–Trinajstić information content (AvgIpc) is 2.43. The summed E-state index contributed by atoms with van der Waals surface area (Å²) in [5.74, 6) is -0.592. The van der Waals surface area contributed by atoms with Gasteiger partial charge < -0.3 is 15.3 Å². The fourth-order valence-electron chi connectivity index (χ4n) is 3.25. The van der Waals surface area contributed by atoms with Gasteiger partial charge in [0, 0.05) is 25.6 Å². The Balaban J connectivity index is 2.78. The number of hydrogen-bond acceptors (Lipinski definition) is 3. The zero-order valence-electron chi connectivity index (χ0n) is 13.7. The van der Waals surface area contributed by atoms with Gasteiger partial charge in [-0.1, -0.05) is 13.3 Å². The molecule has 1 amide bonds. The van der Waals surface area contributed by atoms with Crippen LogP contribution in [0.15, 0.2) is 0 Å². The summed E-state index contributed by atoms with van der Waals surface area (Å²) in [6.07, 6.45) is 4.52. The predicted molar refractivity (Wildman–Crippen MR) is 83.2 cm³/mol. The average molecular weight is 298 g/mol. The fourth-order valence-corrected chi connectivity index (χ4v) is 3.25. The van der Waals surface area contributed by atoms with Crippen molar-refractivity contribution in [1.82, 2.24) is 10.2 Å². The first-order valence-electron chi connectivity index (χ1n) is 8.16. The lowest BCUT2D eigenvalue weighted by atomic mass is 9.75. The third kappa shape index (κ3) is 4.99. The van der Waals surface area contributed by atoms with Crippen molar-refractivity contribution in [2.75, 3.05) is 19.6 Å². The molecule has 5 nitrogen and oxygen atoms in total. The molecule has 0 aromatic rings. The van der Waals surface area contributed by atoms with Crippen LogP contribution in [0.3, 0.4) is 0 Å². The molecule has 122 valence electrons. The largest absolute Gasteiger partial charge is 0.481 e. The number of nitrogens with one attached hydrogen (secondary N) is 1. The Labute approximate surface area is 128 Å². The van der Waals surface area contributed by atoms with Crippen LogP contribution in [0.4, 0.5) is 0 Å². The van der Waals surface area contributed by atoms with Crippen molar-refractivity contribution in [3.63, 3.8) is 0 Å². The first-order chi connectivity index (χ1) is 9.93. The predicted octanol–water partition coefficient (Wildman–Crippen LogP) is 2.26. The Kier molecular flexibility index (Phi) is 7.15. The zero-order chi connectivity index (χ0) is 15.9. The second-order valence-electron chi connectivity index (χ2n) is 6.40. The van der Waals surface area contributed by atoms with Gasteiger partial charge in [0.05, 0.1) is 5.41 Å². The molecule has 1 rings (SSSR count). The summed E-state index contributed by atoms with van der Waals surface area (Å²) in [5.41, 5.74) is -0.291. The van der Waals surface area contributed by atoms with E-state index in [-0.39, 0.29) is 23.8 Å². The normalized spacial score (nSPS) is 22.3. The van der Waals surface area contributed by atoms with Gasteiger partial charge in [-0.15, -0.1) is 0 Å². The first kappa shape index (κ1) is 18.0. The minimum Gasteiger partial charge on any atom is -0.481 e. The summed E-state index contributed by atoms with van der Waals surface area (Å²) in [6.45, 7) is 8.41. The van der Waals surface area contributed by atoms with Crippen LogP contribution in [0.2, 0.25) is 0 Å². The van der Waals surface area contributed by atoms with E-state index in [1.807, 2.05) is 18.7 Å². The minimum atomic E-state index is -0.797. The molecule has 1 aliphatic rings. The van der Waals surface area contributed by atoms with Crippen LogP contribution in [0, 0.1) is 5.41 Å². The van der Waals surface area contributed by atoms with E-state index in [9.17, 15) is 9.59 Å². The van der Waals surface area contributed by atoms with Gasteiger partial charge in [-0.3, -0.25) is 9.59 Å². The first-order valence-corrected chi connectivity index (χ1v) is 8.16. The second-order valence-corrected chi connectivity index (χ2v) is 6.40. The Morgan fingerprint density at radius 2 is 2.10 bits per heavy atom. The fraction of sp³-hybridized carbons (Fsp3) is 0.875. The van der Waals surface area contributed by atoms with Gasteiger partial charge in [-0.05, 0) is 46.1 Å². The van der Waals surface area contributed by atoms with Gasteiger partial charge in [-0.2, -0.15) is 0 Å². The number of amides is 1. The number of carbonyl (C=O) groups is 2. The smallest absolute Gasteiger partial charge is 0.303 e. The maximum Gasteiger partial charge on any atom is 0.303 e. The molecule has 21 heavy (non-hydrogen) atoms. The molecule has 0 aromatic heterocycles. The Hall–Kier alpha value is -1.10. The van der Waals surface area contributed by atoms with Crippen molar-refractivity contribution >= 4 is 11.9 Å². The molecule has 0 spiro atoms. The van der Waals surface area contributed by atoms with Crippen LogP contribution in [0.1, 0.15) is 59.3 Å². The molecule has 1 saturated heterocycles. The van der Waals surface area contributed by atoms with Crippen LogP contribution in [0.5, 0.6) is 0 Å². The standard InChI is InChI=1S/C16H30N2O3/c1-4-8-16(9-6-10-17-12-16)15(21)18(13(2)3)11-5-7-14(19)20/h13,17H,4-12H2,1-3H3,(H,19,20). The molecule has 1 atom stereocenters. The summed E-state index contributed by atoms with van der Waals surface area (Å²) in [5, 5.41) is 12.1. The summed E-state index contributed by atoms with van der Waals surface area (Å²) in [7, 11) is 0. The molecule has 5 heteroatoms. The molecule has 2 N–H and O–H groups in total. The second kappa shape index (κ2) is 8.37. The van der Waals surface area contributed by atoms with Gasteiger partial charge in [0.1, 0.15) is 0 Å². The Morgan fingerprint density at radius 3 is 2.57 bits per heavy atom. The molecular weight excluding hydrogens is 268 g/mol. The molecule has 0 aromatic carbocycles. The molecular formula is C16H30N2O3. The highest BCUT2D eigenvalue weighted by Crippen LogP contribution is 2.34. The van der Waals surface area contributed by atoms with E-state index in [4.69, 9.17) is 5.11 Å². The van der Waals surface area contributed by atoms with E-state index in [0.717, 1.165) is 38.8 Å². The van der Waals surface area contributed by atoms with Gasteiger partial charge in [0.2, 0.25) is 5.91 Å². The number of carboxylic acid groups (broad SMARTS) is 1. The molecule has 0 radical (unpaired) electrons. The maximum atomic E-state index is 13.1. The highest BCUT2D eigenvalue weighted by molar-refractivity contribution is 5.83. The number of carbonyl (C=O) groups excluding carboxylic acids is 1. The minimum absolute atomic E-state index is 0.113. The lowest BCUT2D eigenvalue weighted by Crippen LogP contribution is -2.53. The molecule has 1 aliphatic heterocycles. The summed E-state index contributed by atoms with van der Waals surface area (Å²) in [4.78, 5) is 25.6. The molecule has 0 aliphatic carbocycles. The van der Waals surface area contributed by atoms with Gasteiger partial charge in [-0.25, -0.2) is 0 Å². The lowest BCUT2D eigenvalue weighted by Gasteiger charge is -2.41. The van der Waals surface area contributed by atoms with E-state index in [1.54, 1.807) is 0 Å². The van der Waals surface area contributed by atoms with Crippen LogP contribution in [-0.2, 0) is 9.59 Å². The molecule has 1 heterocycles. The highest BCUT2D eigenvalue weighted by Gasteiger charge is 2.41. The summed E-state index contributed by atoms with van der Waals surface area (Å²) in [6, 6.07) is 0.113. The van der Waals surface area contributed by atoms with Crippen molar-refractivity contribution in [2.45, 2.75) is 65.3 Å². The van der Waals surface area contributed by atoms with Crippen molar-refractivity contribution in [3.8, 4) is 0 Å². The monoisotopic (exact) mass is 298 g/mol. The number of rotatable bonds is 8. The van der Waals surface area contributed by atoms with Crippen LogP contribution >= 0.6 is 0 Å². The Bertz CT molecular complexity index is 344. The van der Waals surface area contributed by atoms with Crippen LogP contribution in [-0.4, -0.2) is 47.6 Å². The van der Waals surface area contributed by atoms with Gasteiger partial charge >= 0.3 is 5.97 Å². The zero-order valence-corrected chi connectivity index (χ0v) is 13.7. The third-order valence-electron chi connectivity index (χ3n) is 4.33. The van der Waals surface area contributed by atoms with Crippen LogP contribution in [0.25, 0.3) is 0 Å². The van der Waals surface area contributed by atoms with Crippen molar-refractivity contribution in [2.24, 2.45) is 5.41 Å². The summed E-state index contributed by atoms with van der Waals surface area (Å²) >= 11 is 0. The maximum absolute atomic E-state index is 13.1. The number of aliphatic carboxylic acids is 1. The SMILES string of the molecule is CCCC1(C(=O)N(CCCC(=O)O)C(C)C)CCCNC1. The summed E-state index contributed by atoms with van der Waals surface area (Å²) < 4.78 is 0. The number of carboxylic acids is 1. The quantitative estimate of drug-likeness (QED) is 0.721. The van der Waals surface area contributed by atoms with E-state index >= 15 is 0 Å². The number of nitrogens with zero attached hydrogens (tertiary/aromatic N) is 1. The molecule has 0 bridgehead atoms. The molecule has 1 fully saturated rings. The van der Waals surface area contributed by atoms with E-state index < -0.39 is 5.97 Å².